The number of phenols is 1. The van der Waals surface area contributed by atoms with Crippen LogP contribution in [0.3, 0.4) is 0 Å². The summed E-state index contributed by atoms with van der Waals surface area (Å²) in [6, 6.07) is 1.22. The molecule has 0 aliphatic heterocycles. The molecule has 0 atom stereocenters. The number of aromatic hydroxyl groups is 1. The molecule has 0 amide bonds. The van der Waals surface area contributed by atoms with E-state index in [4.69, 9.17) is 11.6 Å². The van der Waals surface area contributed by atoms with E-state index in [0.29, 0.717) is 0 Å². The Kier molecular flexibility index (Phi) is 4.33. The van der Waals surface area contributed by atoms with Crippen molar-refractivity contribution in [3.05, 3.63) is 26.9 Å². The summed E-state index contributed by atoms with van der Waals surface area (Å²) < 4.78 is 13.8. The summed E-state index contributed by atoms with van der Waals surface area (Å²) in [5.41, 5.74) is -0.340. The Morgan fingerprint density at radius 1 is 1.62 bits per heavy atom. The molecule has 0 radical (unpaired) electrons. The molecule has 0 aromatic heterocycles. The minimum absolute atomic E-state index is 0.0871. The molecule has 0 spiro atoms. The van der Waals surface area contributed by atoms with Gasteiger partial charge in [0.2, 0.25) is 0 Å². The fourth-order valence-electron chi connectivity index (χ4n) is 1.31. The third kappa shape index (κ3) is 2.74. The maximum absolute atomic E-state index is 13.6. The van der Waals surface area contributed by atoms with Crippen molar-refractivity contribution in [1.29, 1.82) is 0 Å². The molecule has 0 aliphatic rings. The Bertz CT molecular complexity index is 406. The smallest absolute Gasteiger partial charge is 0.169 e. The Morgan fingerprint density at radius 3 is 2.69 bits per heavy atom. The fourth-order valence-corrected chi connectivity index (χ4v) is 2.08. The van der Waals surface area contributed by atoms with Crippen LogP contribution in [0.5, 0.6) is 5.75 Å². The van der Waals surface area contributed by atoms with Crippen molar-refractivity contribution in [2.24, 2.45) is 5.92 Å². The quantitative estimate of drug-likeness (QED) is 0.672. The summed E-state index contributed by atoms with van der Waals surface area (Å²) in [6.07, 6.45) is 0.164. The first kappa shape index (κ1) is 13.5. The van der Waals surface area contributed by atoms with Gasteiger partial charge in [0.05, 0.1) is 15.1 Å². The number of carbonyl (C=O) groups excluding carboxylic acids is 1. The number of halogens is 3. The van der Waals surface area contributed by atoms with E-state index in [9.17, 15) is 14.3 Å². The summed E-state index contributed by atoms with van der Waals surface area (Å²) in [4.78, 5) is 11.7. The normalized spacial score (nSPS) is 10.9. The van der Waals surface area contributed by atoms with Gasteiger partial charge < -0.3 is 5.11 Å². The highest BCUT2D eigenvalue weighted by Crippen LogP contribution is 2.35. The highest BCUT2D eigenvalue weighted by molar-refractivity contribution is 9.10. The van der Waals surface area contributed by atoms with E-state index in [1.54, 1.807) is 0 Å². The average molecular weight is 310 g/mol. The predicted octanol–water partition coefficient (Wildman–Crippen LogP) is 4.18. The van der Waals surface area contributed by atoms with Gasteiger partial charge in [-0.05, 0) is 27.9 Å². The molecule has 0 saturated heterocycles. The first-order valence-corrected chi connectivity index (χ1v) is 5.91. The highest BCUT2D eigenvalue weighted by Gasteiger charge is 2.22. The van der Waals surface area contributed by atoms with Crippen LogP contribution in [0, 0.1) is 11.7 Å². The zero-order chi connectivity index (χ0) is 12.5. The summed E-state index contributed by atoms with van der Waals surface area (Å²) >= 11 is 8.62. The minimum Gasteiger partial charge on any atom is -0.506 e. The Hall–Kier alpha value is -0.610. The Morgan fingerprint density at radius 2 is 2.19 bits per heavy atom. The summed E-state index contributed by atoms with van der Waals surface area (Å²) in [7, 11) is 0. The van der Waals surface area contributed by atoms with Crippen LogP contribution < -0.4 is 0 Å². The van der Waals surface area contributed by atoms with E-state index < -0.39 is 17.3 Å². The Labute approximate surface area is 107 Å². The third-order valence-electron chi connectivity index (χ3n) is 2.02. The number of Topliss-reactive ketones (excluding diaryl/α,β-unsaturated/α-hetero) is 1. The van der Waals surface area contributed by atoms with Gasteiger partial charge in [-0.15, -0.1) is 0 Å². The summed E-state index contributed by atoms with van der Waals surface area (Å²) in [6.45, 7) is 3.68. The number of hydrogen-bond acceptors (Lipinski definition) is 2. The van der Waals surface area contributed by atoms with Crippen LogP contribution in [0.4, 0.5) is 4.39 Å². The highest BCUT2D eigenvalue weighted by atomic mass is 79.9. The molecule has 0 heterocycles. The van der Waals surface area contributed by atoms with E-state index in [0.717, 1.165) is 0 Å². The van der Waals surface area contributed by atoms with Crippen LogP contribution in [-0.2, 0) is 0 Å². The lowest BCUT2D eigenvalue weighted by atomic mass is 10.00. The monoisotopic (exact) mass is 308 g/mol. The van der Waals surface area contributed by atoms with Gasteiger partial charge in [-0.3, -0.25) is 4.79 Å². The lowest BCUT2D eigenvalue weighted by molar-refractivity contribution is 0.0961. The molecule has 1 N–H and O–H groups in total. The van der Waals surface area contributed by atoms with Crippen LogP contribution in [-0.4, -0.2) is 10.9 Å². The molecule has 0 unspecified atom stereocenters. The number of benzene rings is 1. The number of ketones is 1. The molecule has 16 heavy (non-hydrogen) atoms. The van der Waals surface area contributed by atoms with Gasteiger partial charge in [0.1, 0.15) is 5.75 Å². The average Bonchev–Trinajstić information content (AvgIpc) is 2.14. The van der Waals surface area contributed by atoms with E-state index in [1.807, 2.05) is 13.8 Å². The van der Waals surface area contributed by atoms with Crippen LogP contribution in [0.2, 0.25) is 5.02 Å². The number of rotatable bonds is 3. The zero-order valence-corrected chi connectivity index (χ0v) is 11.2. The maximum Gasteiger partial charge on any atom is 0.169 e. The van der Waals surface area contributed by atoms with Gasteiger partial charge in [0.15, 0.2) is 11.6 Å². The van der Waals surface area contributed by atoms with E-state index in [-0.39, 0.29) is 27.4 Å². The second-order valence-corrected chi connectivity index (χ2v) is 5.16. The first-order valence-electron chi connectivity index (χ1n) is 4.74. The molecule has 0 fully saturated rings. The second kappa shape index (κ2) is 5.15. The number of carbonyl (C=O) groups is 1. The van der Waals surface area contributed by atoms with Crippen molar-refractivity contribution in [2.45, 2.75) is 20.3 Å². The molecule has 0 aliphatic carbocycles. The lowest BCUT2D eigenvalue weighted by Gasteiger charge is -2.09. The molecule has 2 nitrogen and oxygen atoms in total. The van der Waals surface area contributed by atoms with Crippen LogP contribution >= 0.6 is 27.5 Å². The second-order valence-electron chi connectivity index (χ2n) is 3.90. The molecular formula is C11H11BrClFO2. The van der Waals surface area contributed by atoms with Gasteiger partial charge in [-0.2, -0.15) is 0 Å². The maximum atomic E-state index is 13.6. The third-order valence-corrected chi connectivity index (χ3v) is 2.90. The molecular weight excluding hydrogens is 298 g/mol. The minimum atomic E-state index is -0.868. The number of phenolic OH excluding ortho intramolecular Hbond substituents is 1. The molecule has 1 rings (SSSR count). The van der Waals surface area contributed by atoms with Crippen molar-refractivity contribution in [1.82, 2.24) is 0 Å². The molecule has 0 bridgehead atoms. The zero-order valence-electron chi connectivity index (χ0n) is 8.85. The largest absolute Gasteiger partial charge is 0.506 e. The molecule has 1 aromatic carbocycles. The molecule has 88 valence electrons. The lowest BCUT2D eigenvalue weighted by Crippen LogP contribution is -2.07. The molecule has 1 aromatic rings. The van der Waals surface area contributed by atoms with Gasteiger partial charge in [0.25, 0.3) is 0 Å². The predicted molar refractivity (Wildman–Crippen MR) is 64.6 cm³/mol. The Balaban J connectivity index is 3.27. The van der Waals surface area contributed by atoms with Crippen LogP contribution in [0.15, 0.2) is 10.5 Å². The topological polar surface area (TPSA) is 37.3 Å². The standard InChI is InChI=1S/C11H11BrClFO2/c1-5(2)3-8(15)9-10(14)7(13)4-6(12)11(9)16/h4-5,16H,3H2,1-2H3. The van der Waals surface area contributed by atoms with E-state index in [2.05, 4.69) is 15.9 Å². The summed E-state index contributed by atoms with van der Waals surface area (Å²) in [5.74, 6) is -1.63. The van der Waals surface area contributed by atoms with Gasteiger partial charge >= 0.3 is 0 Å². The van der Waals surface area contributed by atoms with E-state index in [1.165, 1.54) is 6.07 Å². The van der Waals surface area contributed by atoms with Crippen molar-refractivity contribution in [3.8, 4) is 5.75 Å². The first-order chi connectivity index (χ1) is 7.34. The molecule has 0 saturated carbocycles. The summed E-state index contributed by atoms with van der Waals surface area (Å²) in [5, 5.41) is 9.44. The van der Waals surface area contributed by atoms with Gasteiger partial charge in [-0.25, -0.2) is 4.39 Å². The van der Waals surface area contributed by atoms with E-state index >= 15 is 0 Å². The van der Waals surface area contributed by atoms with Crippen molar-refractivity contribution < 1.29 is 14.3 Å². The van der Waals surface area contributed by atoms with Crippen LogP contribution in [0.1, 0.15) is 30.6 Å². The van der Waals surface area contributed by atoms with Gasteiger partial charge in [-0.1, -0.05) is 25.4 Å². The van der Waals surface area contributed by atoms with Crippen molar-refractivity contribution >= 4 is 33.3 Å². The SMILES string of the molecule is CC(C)CC(=O)c1c(O)c(Br)cc(Cl)c1F. The van der Waals surface area contributed by atoms with Crippen LogP contribution in [0.25, 0.3) is 0 Å². The number of hydrogen-bond donors (Lipinski definition) is 1. The van der Waals surface area contributed by atoms with Gasteiger partial charge in [0, 0.05) is 6.42 Å². The van der Waals surface area contributed by atoms with Crippen molar-refractivity contribution in [3.63, 3.8) is 0 Å². The molecule has 5 heteroatoms. The van der Waals surface area contributed by atoms with Crippen molar-refractivity contribution in [2.75, 3.05) is 0 Å². The fraction of sp³-hybridized carbons (Fsp3) is 0.364.